The van der Waals surface area contributed by atoms with Crippen molar-refractivity contribution in [3.05, 3.63) is 0 Å². The lowest BCUT2D eigenvalue weighted by atomic mass is 9.90. The Balaban J connectivity index is 2.31. The zero-order valence-corrected chi connectivity index (χ0v) is 15.8. The average Bonchev–Trinajstić information content (AvgIpc) is 2.50. The van der Waals surface area contributed by atoms with Gasteiger partial charge in [-0.25, -0.2) is 0 Å². The summed E-state index contributed by atoms with van der Waals surface area (Å²) in [5.41, 5.74) is -0.331. The topological polar surface area (TPSA) is 49.4 Å². The van der Waals surface area contributed by atoms with Crippen LogP contribution in [0.5, 0.6) is 0 Å². The quantitative estimate of drug-likeness (QED) is 0.725. The molecule has 1 N–H and O–H groups in total. The van der Waals surface area contributed by atoms with Crippen molar-refractivity contribution in [1.82, 2.24) is 10.2 Å². The minimum atomic E-state index is -0.331. The number of likely N-dealkylation sites (tertiary alicyclic amines) is 1. The molecule has 0 aliphatic carbocycles. The zero-order chi connectivity index (χ0) is 17.5. The van der Waals surface area contributed by atoms with Gasteiger partial charge in [0, 0.05) is 30.5 Å². The summed E-state index contributed by atoms with van der Waals surface area (Å²) in [5, 5.41) is 3.16. The highest BCUT2D eigenvalue weighted by Gasteiger charge is 2.32. The Hall–Kier alpha value is -1.06. The number of carbonyl (C=O) groups excluding carboxylic acids is 2. The fourth-order valence-electron chi connectivity index (χ4n) is 3.13. The molecule has 0 bridgehead atoms. The van der Waals surface area contributed by atoms with Gasteiger partial charge in [-0.3, -0.25) is 9.59 Å². The first-order valence-electron chi connectivity index (χ1n) is 9.35. The Kier molecular flexibility index (Phi) is 8.07. The molecule has 2 amide bonds. The summed E-state index contributed by atoms with van der Waals surface area (Å²) in [6.07, 6.45) is 7.60. The van der Waals surface area contributed by atoms with Gasteiger partial charge in [-0.05, 0) is 26.2 Å². The Morgan fingerprint density at radius 1 is 1.13 bits per heavy atom. The lowest BCUT2D eigenvalue weighted by Gasteiger charge is -2.35. The van der Waals surface area contributed by atoms with E-state index >= 15 is 0 Å². The van der Waals surface area contributed by atoms with E-state index in [0.717, 1.165) is 19.3 Å². The van der Waals surface area contributed by atoms with E-state index in [-0.39, 0.29) is 29.2 Å². The van der Waals surface area contributed by atoms with Crippen molar-refractivity contribution in [2.24, 2.45) is 11.3 Å². The van der Waals surface area contributed by atoms with Crippen LogP contribution >= 0.6 is 0 Å². The number of nitrogens with zero attached hydrogens (tertiary/aromatic N) is 1. The van der Waals surface area contributed by atoms with Crippen LogP contribution in [0, 0.1) is 11.3 Å². The van der Waals surface area contributed by atoms with Crippen LogP contribution in [-0.4, -0.2) is 35.8 Å². The molecule has 0 aromatic heterocycles. The summed E-state index contributed by atoms with van der Waals surface area (Å²) in [5.74, 6) is 0.439. The van der Waals surface area contributed by atoms with Crippen LogP contribution in [-0.2, 0) is 9.59 Å². The third-order valence-corrected chi connectivity index (χ3v) is 4.67. The molecule has 1 aliphatic rings. The van der Waals surface area contributed by atoms with Crippen molar-refractivity contribution in [2.45, 2.75) is 85.6 Å². The molecule has 1 heterocycles. The lowest BCUT2D eigenvalue weighted by Crippen LogP contribution is -2.47. The standard InChI is InChI=1S/C19H36N2O2/c1-6-7-8-9-10-15(2)20-17(22)16-11-13-21(14-12-16)18(23)19(3,4)5/h15-16H,6-14H2,1-5H3,(H,20,22)/t15-/m1/s1. The molecule has 1 rings (SSSR count). The van der Waals surface area contributed by atoms with E-state index in [2.05, 4.69) is 19.2 Å². The van der Waals surface area contributed by atoms with E-state index < -0.39 is 0 Å². The van der Waals surface area contributed by atoms with Gasteiger partial charge >= 0.3 is 0 Å². The maximum absolute atomic E-state index is 12.4. The van der Waals surface area contributed by atoms with Crippen molar-refractivity contribution in [3.8, 4) is 0 Å². The van der Waals surface area contributed by atoms with Gasteiger partial charge in [-0.2, -0.15) is 0 Å². The molecule has 0 saturated carbocycles. The van der Waals surface area contributed by atoms with Crippen LogP contribution in [0.3, 0.4) is 0 Å². The highest BCUT2D eigenvalue weighted by atomic mass is 16.2. The van der Waals surface area contributed by atoms with Gasteiger partial charge in [0.1, 0.15) is 0 Å². The van der Waals surface area contributed by atoms with Crippen LogP contribution in [0.1, 0.15) is 79.6 Å². The first-order valence-corrected chi connectivity index (χ1v) is 9.35. The fraction of sp³-hybridized carbons (Fsp3) is 0.895. The fourth-order valence-corrected chi connectivity index (χ4v) is 3.13. The Labute approximate surface area is 142 Å². The molecular formula is C19H36N2O2. The summed E-state index contributed by atoms with van der Waals surface area (Å²) >= 11 is 0. The van der Waals surface area contributed by atoms with Crippen LogP contribution in [0.25, 0.3) is 0 Å². The number of piperidine rings is 1. The van der Waals surface area contributed by atoms with E-state index in [9.17, 15) is 9.59 Å². The second-order valence-electron chi connectivity index (χ2n) is 8.08. The van der Waals surface area contributed by atoms with Crippen LogP contribution in [0.4, 0.5) is 0 Å². The van der Waals surface area contributed by atoms with Crippen molar-refractivity contribution in [2.75, 3.05) is 13.1 Å². The zero-order valence-electron chi connectivity index (χ0n) is 15.8. The van der Waals surface area contributed by atoms with Crippen LogP contribution in [0.2, 0.25) is 0 Å². The van der Waals surface area contributed by atoms with Gasteiger partial charge in [-0.1, -0.05) is 53.4 Å². The average molecular weight is 325 g/mol. The molecule has 1 saturated heterocycles. The minimum absolute atomic E-state index is 0.0668. The highest BCUT2D eigenvalue weighted by Crippen LogP contribution is 2.23. The third kappa shape index (κ3) is 6.92. The number of unbranched alkanes of at least 4 members (excludes halogenated alkanes) is 3. The van der Waals surface area contributed by atoms with Gasteiger partial charge in [0.15, 0.2) is 0 Å². The summed E-state index contributed by atoms with van der Waals surface area (Å²) < 4.78 is 0. The molecule has 134 valence electrons. The molecule has 0 aromatic rings. The largest absolute Gasteiger partial charge is 0.353 e. The lowest BCUT2D eigenvalue weighted by molar-refractivity contribution is -0.142. The molecule has 0 unspecified atom stereocenters. The van der Waals surface area contributed by atoms with E-state index in [1.807, 2.05) is 25.7 Å². The Morgan fingerprint density at radius 2 is 1.74 bits per heavy atom. The number of hydrogen-bond donors (Lipinski definition) is 1. The molecule has 0 aromatic carbocycles. The van der Waals surface area contributed by atoms with Crippen LogP contribution < -0.4 is 5.32 Å². The summed E-state index contributed by atoms with van der Waals surface area (Å²) in [6, 6.07) is 0.258. The maximum atomic E-state index is 12.4. The van der Waals surface area contributed by atoms with Crippen molar-refractivity contribution < 1.29 is 9.59 Å². The van der Waals surface area contributed by atoms with Gasteiger partial charge in [0.25, 0.3) is 0 Å². The van der Waals surface area contributed by atoms with E-state index in [1.165, 1.54) is 25.7 Å². The normalized spacial score (nSPS) is 17.9. The van der Waals surface area contributed by atoms with E-state index in [1.54, 1.807) is 0 Å². The van der Waals surface area contributed by atoms with E-state index in [0.29, 0.717) is 13.1 Å². The summed E-state index contributed by atoms with van der Waals surface area (Å²) in [6.45, 7) is 11.6. The predicted octanol–water partition coefficient (Wildman–Crippen LogP) is 3.75. The van der Waals surface area contributed by atoms with Crippen molar-refractivity contribution >= 4 is 11.8 Å². The molecule has 1 aliphatic heterocycles. The number of hydrogen-bond acceptors (Lipinski definition) is 2. The van der Waals surface area contributed by atoms with Crippen molar-refractivity contribution in [1.29, 1.82) is 0 Å². The SMILES string of the molecule is CCCCCC[C@@H](C)NC(=O)C1CCN(C(=O)C(C)(C)C)CC1. The monoisotopic (exact) mass is 324 g/mol. The predicted molar refractivity (Wildman–Crippen MR) is 95.1 cm³/mol. The minimum Gasteiger partial charge on any atom is -0.353 e. The van der Waals surface area contributed by atoms with Gasteiger partial charge in [-0.15, -0.1) is 0 Å². The number of carbonyl (C=O) groups is 2. The Morgan fingerprint density at radius 3 is 2.26 bits per heavy atom. The second kappa shape index (κ2) is 9.29. The third-order valence-electron chi connectivity index (χ3n) is 4.67. The van der Waals surface area contributed by atoms with E-state index in [4.69, 9.17) is 0 Å². The molecule has 1 atom stereocenters. The first kappa shape index (κ1) is 20.0. The molecule has 4 heteroatoms. The molecule has 1 fully saturated rings. The number of rotatable bonds is 7. The number of amides is 2. The van der Waals surface area contributed by atoms with Crippen molar-refractivity contribution in [3.63, 3.8) is 0 Å². The van der Waals surface area contributed by atoms with Gasteiger partial charge in [0.2, 0.25) is 11.8 Å². The van der Waals surface area contributed by atoms with Gasteiger partial charge in [0.05, 0.1) is 0 Å². The Bertz CT molecular complexity index is 379. The summed E-state index contributed by atoms with van der Waals surface area (Å²) in [4.78, 5) is 26.5. The molecule has 23 heavy (non-hydrogen) atoms. The molecule has 0 spiro atoms. The smallest absolute Gasteiger partial charge is 0.227 e. The molecule has 0 radical (unpaired) electrons. The summed E-state index contributed by atoms with van der Waals surface area (Å²) in [7, 11) is 0. The number of nitrogens with one attached hydrogen (secondary N) is 1. The molecule has 4 nitrogen and oxygen atoms in total. The van der Waals surface area contributed by atoms with Gasteiger partial charge < -0.3 is 10.2 Å². The van der Waals surface area contributed by atoms with Crippen LogP contribution in [0.15, 0.2) is 0 Å². The highest BCUT2D eigenvalue weighted by molar-refractivity contribution is 5.82. The second-order valence-corrected chi connectivity index (χ2v) is 8.08. The first-order chi connectivity index (χ1) is 10.8. The molecular weight excluding hydrogens is 288 g/mol. The maximum Gasteiger partial charge on any atom is 0.227 e.